The number of halogens is 2. The third-order valence-corrected chi connectivity index (χ3v) is 4.44. The number of aromatic nitrogens is 1. The fourth-order valence-electron chi connectivity index (χ4n) is 3.24. The molecule has 1 aliphatic heterocycles. The van der Waals surface area contributed by atoms with Gasteiger partial charge in [0.05, 0.1) is 5.02 Å². The van der Waals surface area contributed by atoms with Crippen molar-refractivity contribution in [1.29, 1.82) is 0 Å². The van der Waals surface area contributed by atoms with Crippen molar-refractivity contribution in [3.05, 3.63) is 51.6 Å². The number of hydrogen-bond acceptors (Lipinski definition) is 2. The lowest BCUT2D eigenvalue weighted by Crippen LogP contribution is -2.17. The average Bonchev–Trinajstić information content (AvgIpc) is 3.01. The molecule has 0 unspecified atom stereocenters. The summed E-state index contributed by atoms with van der Waals surface area (Å²) in [6.07, 6.45) is 1.71. The van der Waals surface area contributed by atoms with Crippen LogP contribution < -0.4 is 5.32 Å². The van der Waals surface area contributed by atoms with Gasteiger partial charge in [0.1, 0.15) is 11.5 Å². The van der Waals surface area contributed by atoms with Crippen molar-refractivity contribution in [1.82, 2.24) is 4.57 Å². The highest BCUT2D eigenvalue weighted by Crippen LogP contribution is 2.30. The normalized spacial score (nSPS) is 13.0. The number of anilines is 1. The first-order valence-electron chi connectivity index (χ1n) is 7.39. The summed E-state index contributed by atoms with van der Waals surface area (Å²) in [5.74, 6) is -0.888. The topological polar surface area (TPSA) is 51.1 Å². The monoisotopic (exact) mass is 334 g/mol. The van der Waals surface area contributed by atoms with E-state index in [0.29, 0.717) is 22.5 Å². The van der Waals surface area contributed by atoms with Gasteiger partial charge < -0.3 is 9.88 Å². The van der Waals surface area contributed by atoms with E-state index in [4.69, 9.17) is 11.6 Å². The lowest BCUT2D eigenvalue weighted by Gasteiger charge is -2.09. The second kappa shape index (κ2) is 5.81. The molecule has 2 heterocycles. The molecule has 0 atom stereocenters. The predicted molar refractivity (Wildman–Crippen MR) is 86.9 cm³/mol. The van der Waals surface area contributed by atoms with E-state index in [9.17, 15) is 14.0 Å². The zero-order valence-electron chi connectivity index (χ0n) is 12.9. The fourth-order valence-corrected chi connectivity index (χ4v) is 3.42. The number of rotatable bonds is 3. The van der Waals surface area contributed by atoms with E-state index >= 15 is 0 Å². The lowest BCUT2D eigenvalue weighted by atomic mass is 10.0. The number of hydrogen-bond donors (Lipinski definition) is 1. The number of amides is 1. The maximum Gasteiger partial charge on any atom is 0.272 e. The molecule has 1 aliphatic rings. The molecule has 1 N–H and O–H groups in total. The van der Waals surface area contributed by atoms with Crippen LogP contribution in [0.3, 0.4) is 0 Å². The number of carbonyl (C=O) groups excluding carboxylic acids is 2. The maximum absolute atomic E-state index is 13.2. The van der Waals surface area contributed by atoms with Crippen LogP contribution in [0.5, 0.6) is 0 Å². The first-order valence-corrected chi connectivity index (χ1v) is 7.77. The van der Waals surface area contributed by atoms with E-state index in [1.165, 1.54) is 25.1 Å². The van der Waals surface area contributed by atoms with Gasteiger partial charge in [0.15, 0.2) is 5.78 Å². The van der Waals surface area contributed by atoms with Crippen LogP contribution in [0.25, 0.3) is 0 Å². The van der Waals surface area contributed by atoms with E-state index in [-0.39, 0.29) is 16.7 Å². The molecule has 1 amide bonds. The first kappa shape index (κ1) is 15.7. The van der Waals surface area contributed by atoms with Gasteiger partial charge in [0.2, 0.25) is 0 Å². The van der Waals surface area contributed by atoms with Gasteiger partial charge in [0.25, 0.3) is 5.91 Å². The van der Waals surface area contributed by atoms with Crippen molar-refractivity contribution in [2.75, 3.05) is 5.32 Å². The minimum Gasteiger partial charge on any atom is -0.340 e. The fraction of sp³-hybridized carbons (Fsp3) is 0.294. The Hall–Kier alpha value is -2.14. The van der Waals surface area contributed by atoms with Crippen molar-refractivity contribution in [2.45, 2.75) is 33.2 Å². The Balaban J connectivity index is 1.98. The van der Waals surface area contributed by atoms with Crippen LogP contribution in [0.15, 0.2) is 18.2 Å². The number of carbonyl (C=O) groups is 2. The molecule has 2 aromatic rings. The number of benzene rings is 1. The van der Waals surface area contributed by atoms with Crippen molar-refractivity contribution in [3.63, 3.8) is 0 Å². The third-order valence-electron chi connectivity index (χ3n) is 4.15. The maximum atomic E-state index is 13.2. The van der Waals surface area contributed by atoms with Gasteiger partial charge in [-0.1, -0.05) is 11.6 Å². The number of fused-ring (bicyclic) bond motifs is 1. The van der Waals surface area contributed by atoms with E-state index in [1.807, 2.05) is 4.57 Å². The summed E-state index contributed by atoms with van der Waals surface area (Å²) in [4.78, 5) is 24.5. The summed E-state index contributed by atoms with van der Waals surface area (Å²) in [7, 11) is 0. The van der Waals surface area contributed by atoms with Gasteiger partial charge in [0, 0.05) is 23.5 Å². The lowest BCUT2D eigenvalue weighted by molar-refractivity contribution is 0.101. The minimum absolute atomic E-state index is 0.0305. The number of ketones is 1. The van der Waals surface area contributed by atoms with Crippen molar-refractivity contribution in [2.24, 2.45) is 0 Å². The summed E-state index contributed by atoms with van der Waals surface area (Å²) in [5.41, 5.74) is 3.17. The zero-order valence-corrected chi connectivity index (χ0v) is 13.6. The second-order valence-electron chi connectivity index (χ2n) is 5.69. The van der Waals surface area contributed by atoms with E-state index in [2.05, 4.69) is 5.32 Å². The van der Waals surface area contributed by atoms with Crippen molar-refractivity contribution in [3.8, 4) is 0 Å². The second-order valence-corrected chi connectivity index (χ2v) is 6.10. The Labute approximate surface area is 138 Å². The molecule has 0 radical (unpaired) electrons. The summed E-state index contributed by atoms with van der Waals surface area (Å²) >= 11 is 5.74. The van der Waals surface area contributed by atoms with E-state index in [1.54, 1.807) is 6.92 Å². The number of nitrogens with zero attached hydrogens (tertiary/aromatic N) is 1. The molecule has 3 rings (SSSR count). The molecule has 0 spiro atoms. The van der Waals surface area contributed by atoms with Crippen LogP contribution in [-0.4, -0.2) is 16.3 Å². The Bertz CT molecular complexity index is 826. The molecule has 1 aromatic heterocycles. The van der Waals surface area contributed by atoms with E-state index < -0.39 is 5.82 Å². The summed E-state index contributed by atoms with van der Waals surface area (Å²) in [6.45, 7) is 4.02. The Kier molecular flexibility index (Phi) is 3.98. The zero-order chi connectivity index (χ0) is 16.7. The SMILES string of the molecule is CC(=O)c1c(C)c(C(=O)Nc2ccc(F)c(Cl)c2)n2c1CCC2. The van der Waals surface area contributed by atoms with Gasteiger partial charge in [-0.15, -0.1) is 0 Å². The van der Waals surface area contributed by atoms with Crippen LogP contribution in [0, 0.1) is 12.7 Å². The third kappa shape index (κ3) is 2.65. The smallest absolute Gasteiger partial charge is 0.272 e. The summed E-state index contributed by atoms with van der Waals surface area (Å²) in [5, 5.41) is 2.68. The number of nitrogens with one attached hydrogen (secondary N) is 1. The highest BCUT2D eigenvalue weighted by atomic mass is 35.5. The molecule has 0 saturated carbocycles. The van der Waals surface area contributed by atoms with E-state index in [0.717, 1.165) is 25.1 Å². The van der Waals surface area contributed by atoms with Gasteiger partial charge in [-0.3, -0.25) is 9.59 Å². The summed E-state index contributed by atoms with van der Waals surface area (Å²) in [6, 6.07) is 4.02. The molecule has 1 aromatic carbocycles. The minimum atomic E-state index is -0.539. The average molecular weight is 335 g/mol. The molecule has 6 heteroatoms. The molecule has 0 bridgehead atoms. The molecular formula is C17H16ClFN2O2. The van der Waals surface area contributed by atoms with Crippen molar-refractivity contribution < 1.29 is 14.0 Å². The molecule has 0 aliphatic carbocycles. The predicted octanol–water partition coefficient (Wildman–Crippen LogP) is 3.99. The molecule has 120 valence electrons. The molecule has 0 saturated heterocycles. The molecular weight excluding hydrogens is 319 g/mol. The Morgan fingerprint density at radius 1 is 1.35 bits per heavy atom. The van der Waals surface area contributed by atoms with Crippen LogP contribution >= 0.6 is 11.6 Å². The van der Waals surface area contributed by atoms with Gasteiger partial charge in [-0.2, -0.15) is 0 Å². The van der Waals surface area contributed by atoms with Crippen molar-refractivity contribution >= 4 is 29.0 Å². The summed E-state index contributed by atoms with van der Waals surface area (Å²) < 4.78 is 15.1. The first-order chi connectivity index (χ1) is 10.9. The Morgan fingerprint density at radius 2 is 2.09 bits per heavy atom. The van der Waals surface area contributed by atoms with Gasteiger partial charge >= 0.3 is 0 Å². The quantitative estimate of drug-likeness (QED) is 0.863. The molecule has 4 nitrogen and oxygen atoms in total. The molecule has 23 heavy (non-hydrogen) atoms. The largest absolute Gasteiger partial charge is 0.340 e. The van der Waals surface area contributed by atoms with Gasteiger partial charge in [-0.05, 0) is 50.5 Å². The van der Waals surface area contributed by atoms with Crippen LogP contribution in [-0.2, 0) is 13.0 Å². The highest BCUT2D eigenvalue weighted by molar-refractivity contribution is 6.31. The highest BCUT2D eigenvalue weighted by Gasteiger charge is 2.29. The van der Waals surface area contributed by atoms with Crippen LogP contribution in [0.4, 0.5) is 10.1 Å². The Morgan fingerprint density at radius 3 is 2.74 bits per heavy atom. The standard InChI is InChI=1S/C17H16ClFN2O2/c1-9-15(10(2)22)14-4-3-7-21(14)16(9)17(23)20-11-5-6-13(19)12(18)8-11/h5-6,8H,3-4,7H2,1-2H3,(H,20,23). The van der Waals surface area contributed by atoms with Crippen LogP contribution in [0.1, 0.15) is 45.4 Å². The van der Waals surface area contributed by atoms with Gasteiger partial charge in [-0.25, -0.2) is 4.39 Å². The molecule has 0 fully saturated rings. The number of Topliss-reactive ketones (excluding diaryl/α,β-unsaturated/α-hetero) is 1. The van der Waals surface area contributed by atoms with Crippen LogP contribution in [0.2, 0.25) is 5.02 Å².